The van der Waals surface area contributed by atoms with Crippen molar-refractivity contribution in [1.29, 1.82) is 0 Å². The number of unbranched alkanes of at least 4 members (excludes halogenated alkanes) is 2. The number of hydrogen-bond donors (Lipinski definition) is 0. The van der Waals surface area contributed by atoms with Gasteiger partial charge in [-0.25, -0.2) is 8.42 Å². The highest BCUT2D eigenvalue weighted by atomic mass is 32.2. The Balaban J connectivity index is 4.65. The summed E-state index contributed by atoms with van der Waals surface area (Å²) in [4.78, 5) is 0. The van der Waals surface area contributed by atoms with Gasteiger partial charge in [0.1, 0.15) is 0 Å². The van der Waals surface area contributed by atoms with Gasteiger partial charge in [0.05, 0.1) is 10.5 Å². The van der Waals surface area contributed by atoms with Crippen LogP contribution in [0.3, 0.4) is 0 Å². The molecule has 0 fully saturated rings. The fourth-order valence-electron chi connectivity index (χ4n) is 2.51. The molecule has 0 spiro atoms. The molecule has 4 atom stereocenters. The highest BCUT2D eigenvalue weighted by molar-refractivity contribution is 7.92. The van der Waals surface area contributed by atoms with E-state index in [1.165, 1.54) is 0 Å². The summed E-state index contributed by atoms with van der Waals surface area (Å²) in [6, 6.07) is 0. The van der Waals surface area contributed by atoms with Gasteiger partial charge >= 0.3 is 0 Å². The molecule has 0 saturated carbocycles. The predicted molar refractivity (Wildman–Crippen MR) is 85.2 cm³/mol. The Kier molecular flexibility index (Phi) is 8.97. The van der Waals surface area contributed by atoms with Gasteiger partial charge in [-0.3, -0.25) is 0 Å². The molecule has 0 amide bonds. The molecule has 0 aromatic heterocycles. The molecule has 3 heteroatoms. The molecule has 0 aliphatic carbocycles. The Morgan fingerprint density at radius 3 is 1.32 bits per heavy atom. The number of sulfone groups is 1. The van der Waals surface area contributed by atoms with Gasteiger partial charge in [-0.15, -0.1) is 0 Å². The van der Waals surface area contributed by atoms with Gasteiger partial charge in [-0.1, -0.05) is 53.4 Å². The van der Waals surface area contributed by atoms with Gasteiger partial charge in [0.25, 0.3) is 0 Å². The molecule has 116 valence electrons. The molecule has 0 saturated heterocycles. The van der Waals surface area contributed by atoms with Crippen LogP contribution in [0.25, 0.3) is 0 Å². The van der Waals surface area contributed by atoms with E-state index in [0.29, 0.717) is 0 Å². The van der Waals surface area contributed by atoms with Gasteiger partial charge in [-0.2, -0.15) is 0 Å². The van der Waals surface area contributed by atoms with Gasteiger partial charge in [-0.05, 0) is 38.5 Å². The van der Waals surface area contributed by atoms with E-state index in [0.717, 1.165) is 38.5 Å². The van der Waals surface area contributed by atoms with Crippen molar-refractivity contribution >= 4 is 9.84 Å². The highest BCUT2D eigenvalue weighted by Gasteiger charge is 2.33. The lowest BCUT2D eigenvalue weighted by Crippen LogP contribution is -2.36. The van der Waals surface area contributed by atoms with Gasteiger partial charge < -0.3 is 0 Å². The summed E-state index contributed by atoms with van der Waals surface area (Å²) in [6.45, 7) is 12.3. The zero-order chi connectivity index (χ0) is 15.1. The number of rotatable bonds is 10. The molecule has 4 unspecified atom stereocenters. The second-order valence-electron chi connectivity index (χ2n) is 6.24. The van der Waals surface area contributed by atoms with Crippen LogP contribution in [0.15, 0.2) is 0 Å². The Bertz CT molecular complexity index is 296. The summed E-state index contributed by atoms with van der Waals surface area (Å²) < 4.78 is 25.3. The third kappa shape index (κ3) is 5.85. The third-order valence-corrected chi connectivity index (χ3v) is 7.67. The van der Waals surface area contributed by atoms with Crippen molar-refractivity contribution in [3.8, 4) is 0 Å². The topological polar surface area (TPSA) is 34.1 Å². The highest BCUT2D eigenvalue weighted by Crippen LogP contribution is 2.27. The van der Waals surface area contributed by atoms with E-state index in [1.54, 1.807) is 0 Å². The van der Waals surface area contributed by atoms with Crippen molar-refractivity contribution < 1.29 is 8.42 Å². The molecule has 0 aliphatic heterocycles. The SMILES string of the molecule is CCCCC(C)C(C)S(=O)(=O)C(C)C(C)CCCC. The molecule has 0 bridgehead atoms. The second-order valence-corrected chi connectivity index (χ2v) is 8.90. The molecule has 0 aromatic carbocycles. The molecule has 0 aliphatic rings. The van der Waals surface area contributed by atoms with Gasteiger partial charge in [0, 0.05) is 0 Å². The molecule has 0 rings (SSSR count). The summed E-state index contributed by atoms with van der Waals surface area (Å²) in [6.07, 6.45) is 6.57. The smallest absolute Gasteiger partial charge is 0.155 e. The fraction of sp³-hybridized carbons (Fsp3) is 1.00. The van der Waals surface area contributed by atoms with Crippen LogP contribution in [-0.4, -0.2) is 18.9 Å². The summed E-state index contributed by atoms with van der Waals surface area (Å²) in [7, 11) is -3.00. The summed E-state index contributed by atoms with van der Waals surface area (Å²) in [5, 5.41) is -0.420. The first-order valence-corrected chi connectivity index (χ1v) is 9.62. The van der Waals surface area contributed by atoms with Crippen LogP contribution in [0.4, 0.5) is 0 Å². The van der Waals surface area contributed by atoms with Crippen molar-refractivity contribution in [2.24, 2.45) is 11.8 Å². The van der Waals surface area contributed by atoms with Gasteiger partial charge in [0.15, 0.2) is 9.84 Å². The molecular formula is C16H34O2S. The van der Waals surface area contributed by atoms with E-state index in [2.05, 4.69) is 27.7 Å². The maximum Gasteiger partial charge on any atom is 0.155 e. The Labute approximate surface area is 121 Å². The van der Waals surface area contributed by atoms with Crippen LogP contribution < -0.4 is 0 Å². The molecule has 0 N–H and O–H groups in total. The van der Waals surface area contributed by atoms with Crippen molar-refractivity contribution in [1.82, 2.24) is 0 Å². The first kappa shape index (κ1) is 18.9. The van der Waals surface area contributed by atoms with Crippen LogP contribution >= 0.6 is 0 Å². The van der Waals surface area contributed by atoms with Crippen LogP contribution in [-0.2, 0) is 9.84 Å². The lowest BCUT2D eigenvalue weighted by atomic mass is 10.0. The minimum Gasteiger partial charge on any atom is -0.228 e. The summed E-state index contributed by atoms with van der Waals surface area (Å²) >= 11 is 0. The van der Waals surface area contributed by atoms with Crippen molar-refractivity contribution in [2.45, 2.75) is 90.6 Å². The molecule has 0 radical (unpaired) electrons. The lowest BCUT2D eigenvalue weighted by molar-refractivity contribution is 0.443. The van der Waals surface area contributed by atoms with Crippen molar-refractivity contribution in [2.75, 3.05) is 0 Å². The van der Waals surface area contributed by atoms with Gasteiger partial charge in [0.2, 0.25) is 0 Å². The van der Waals surface area contributed by atoms with Crippen LogP contribution in [0.5, 0.6) is 0 Å². The first-order valence-electron chi connectivity index (χ1n) is 8.01. The molecule has 2 nitrogen and oxygen atoms in total. The minimum atomic E-state index is -3.00. The zero-order valence-electron chi connectivity index (χ0n) is 13.8. The van der Waals surface area contributed by atoms with E-state index >= 15 is 0 Å². The fourth-order valence-corrected chi connectivity index (χ4v) is 4.75. The summed E-state index contributed by atoms with van der Waals surface area (Å²) in [5.74, 6) is 0.538. The Morgan fingerprint density at radius 2 is 1.05 bits per heavy atom. The minimum absolute atomic E-state index is 0.210. The Hall–Kier alpha value is -0.0500. The average molecular weight is 291 g/mol. The average Bonchev–Trinajstić information content (AvgIpc) is 2.39. The summed E-state index contributed by atoms with van der Waals surface area (Å²) in [5.41, 5.74) is 0. The van der Waals surface area contributed by atoms with Crippen molar-refractivity contribution in [3.05, 3.63) is 0 Å². The lowest BCUT2D eigenvalue weighted by Gasteiger charge is -2.27. The standard InChI is InChI=1S/C16H34O2S/c1-7-9-11-13(3)15(5)19(17,18)16(6)14(4)12-10-8-2/h13-16H,7-12H2,1-6H3. The quantitative estimate of drug-likeness (QED) is 0.577. The van der Waals surface area contributed by atoms with Crippen LogP contribution in [0, 0.1) is 11.8 Å². The maximum absolute atomic E-state index is 12.6. The first-order chi connectivity index (χ1) is 8.78. The van der Waals surface area contributed by atoms with E-state index < -0.39 is 9.84 Å². The third-order valence-electron chi connectivity index (χ3n) is 4.67. The molecule has 19 heavy (non-hydrogen) atoms. The van der Waals surface area contributed by atoms with E-state index in [4.69, 9.17) is 0 Å². The Morgan fingerprint density at radius 1 is 0.737 bits per heavy atom. The normalized spacial score (nSPS) is 18.8. The largest absolute Gasteiger partial charge is 0.228 e. The zero-order valence-corrected chi connectivity index (χ0v) is 14.6. The molecule has 0 aromatic rings. The van der Waals surface area contributed by atoms with E-state index in [1.807, 2.05) is 13.8 Å². The number of hydrogen-bond acceptors (Lipinski definition) is 2. The maximum atomic E-state index is 12.6. The van der Waals surface area contributed by atoms with Crippen molar-refractivity contribution in [3.63, 3.8) is 0 Å². The van der Waals surface area contributed by atoms with E-state index in [9.17, 15) is 8.42 Å². The van der Waals surface area contributed by atoms with E-state index in [-0.39, 0.29) is 22.3 Å². The molecule has 0 heterocycles. The van der Waals surface area contributed by atoms with Crippen LogP contribution in [0.2, 0.25) is 0 Å². The molecular weight excluding hydrogens is 256 g/mol. The van der Waals surface area contributed by atoms with Crippen LogP contribution in [0.1, 0.15) is 80.1 Å². The predicted octanol–water partition coefficient (Wildman–Crippen LogP) is 4.83. The monoisotopic (exact) mass is 290 g/mol. The second kappa shape index (κ2) is 8.99.